The van der Waals surface area contributed by atoms with E-state index in [9.17, 15) is 4.79 Å². The summed E-state index contributed by atoms with van der Waals surface area (Å²) in [6.45, 7) is 4.09. The second-order valence-corrected chi connectivity index (χ2v) is 6.16. The van der Waals surface area contributed by atoms with Crippen LogP contribution in [0.25, 0.3) is 11.4 Å². The molecule has 7 nitrogen and oxygen atoms in total. The number of carbonyl (C=O) groups excluding carboxylic acids is 1. The zero-order chi connectivity index (χ0) is 19.1. The van der Waals surface area contributed by atoms with Crippen LogP contribution < -0.4 is 10.1 Å². The minimum absolute atomic E-state index is 0.119. The predicted octanol–water partition coefficient (Wildman–Crippen LogP) is 3.88. The molecule has 3 rings (SSSR count). The van der Waals surface area contributed by atoms with Crippen molar-refractivity contribution < 1.29 is 14.1 Å². The number of ether oxygens (including phenoxy) is 1. The summed E-state index contributed by atoms with van der Waals surface area (Å²) in [5.74, 6) is 1.56. The van der Waals surface area contributed by atoms with Gasteiger partial charge < -0.3 is 14.6 Å². The van der Waals surface area contributed by atoms with Crippen LogP contribution in [-0.2, 0) is 11.2 Å². The Balaban J connectivity index is 1.49. The number of hydrogen-bond acceptors (Lipinski definition) is 6. The van der Waals surface area contributed by atoms with Gasteiger partial charge in [0.1, 0.15) is 5.75 Å². The average Bonchev–Trinajstić information content (AvgIpc) is 3.17. The van der Waals surface area contributed by atoms with Crippen molar-refractivity contribution in [3.05, 3.63) is 54.7 Å². The number of anilines is 1. The van der Waals surface area contributed by atoms with Crippen molar-refractivity contribution in [2.75, 3.05) is 5.32 Å². The third-order valence-electron chi connectivity index (χ3n) is 4.00. The molecule has 2 aromatic heterocycles. The van der Waals surface area contributed by atoms with Gasteiger partial charge in [-0.2, -0.15) is 4.98 Å². The van der Waals surface area contributed by atoms with Gasteiger partial charge in [-0.25, -0.2) is 0 Å². The molecule has 0 fully saturated rings. The van der Waals surface area contributed by atoms with Crippen LogP contribution >= 0.6 is 0 Å². The lowest BCUT2D eigenvalue weighted by atomic mass is 10.2. The van der Waals surface area contributed by atoms with E-state index in [1.807, 2.05) is 37.3 Å². The standard InChI is InChI=1S/C20H22N4O3/c1-3-14(2)26-17-8-6-16(7-9-17)22-18(25)10-11-19-23-20(24-27-19)15-5-4-12-21-13-15/h4-9,12-14H,3,10-11H2,1-2H3,(H,22,25)/t14-/m0/s1. The third-order valence-corrected chi connectivity index (χ3v) is 4.00. The SMILES string of the molecule is CC[C@H](C)Oc1ccc(NC(=O)CCc2nc(-c3cccnc3)no2)cc1. The molecule has 3 aromatic rings. The fraction of sp³-hybridized carbons (Fsp3) is 0.300. The van der Waals surface area contributed by atoms with Gasteiger partial charge >= 0.3 is 0 Å². The molecule has 1 aromatic carbocycles. The van der Waals surface area contributed by atoms with Crippen LogP contribution in [0.2, 0.25) is 0 Å². The number of nitrogens with zero attached hydrogens (tertiary/aromatic N) is 3. The van der Waals surface area contributed by atoms with Crippen LogP contribution in [-0.4, -0.2) is 27.1 Å². The molecule has 1 amide bonds. The van der Waals surface area contributed by atoms with Crippen LogP contribution in [0.3, 0.4) is 0 Å². The Morgan fingerprint density at radius 3 is 2.78 bits per heavy atom. The zero-order valence-corrected chi connectivity index (χ0v) is 15.4. The molecule has 0 aliphatic carbocycles. The molecule has 140 valence electrons. The normalized spacial score (nSPS) is 11.8. The number of amides is 1. The summed E-state index contributed by atoms with van der Waals surface area (Å²) in [4.78, 5) is 20.4. The van der Waals surface area contributed by atoms with Crippen molar-refractivity contribution >= 4 is 11.6 Å². The summed E-state index contributed by atoms with van der Waals surface area (Å²) in [7, 11) is 0. The Labute approximate surface area is 157 Å². The average molecular weight is 366 g/mol. The van der Waals surface area contributed by atoms with E-state index in [1.165, 1.54) is 0 Å². The van der Waals surface area contributed by atoms with Crippen LogP contribution in [0.4, 0.5) is 5.69 Å². The first-order chi connectivity index (χ1) is 13.1. The zero-order valence-electron chi connectivity index (χ0n) is 15.4. The second kappa shape index (κ2) is 8.93. The molecule has 2 heterocycles. The summed E-state index contributed by atoms with van der Waals surface area (Å²) in [6.07, 6.45) is 5.06. The van der Waals surface area contributed by atoms with E-state index in [0.717, 1.165) is 23.4 Å². The predicted molar refractivity (Wildman–Crippen MR) is 101 cm³/mol. The fourth-order valence-electron chi connectivity index (χ4n) is 2.35. The Morgan fingerprint density at radius 1 is 1.26 bits per heavy atom. The lowest BCUT2D eigenvalue weighted by Crippen LogP contribution is -2.13. The highest BCUT2D eigenvalue weighted by molar-refractivity contribution is 5.90. The number of aryl methyl sites for hydroxylation is 1. The first-order valence-electron chi connectivity index (χ1n) is 8.93. The highest BCUT2D eigenvalue weighted by atomic mass is 16.5. The summed E-state index contributed by atoms with van der Waals surface area (Å²) >= 11 is 0. The van der Waals surface area contributed by atoms with Gasteiger partial charge in [-0.05, 0) is 49.7 Å². The van der Waals surface area contributed by atoms with Gasteiger partial charge in [0.2, 0.25) is 17.6 Å². The smallest absolute Gasteiger partial charge is 0.227 e. The summed E-state index contributed by atoms with van der Waals surface area (Å²) in [6, 6.07) is 11.0. The van der Waals surface area contributed by atoms with Crippen molar-refractivity contribution in [1.29, 1.82) is 0 Å². The van der Waals surface area contributed by atoms with Gasteiger partial charge in [-0.3, -0.25) is 9.78 Å². The summed E-state index contributed by atoms with van der Waals surface area (Å²) < 4.78 is 10.9. The number of pyridine rings is 1. The van der Waals surface area contributed by atoms with Crippen molar-refractivity contribution in [2.24, 2.45) is 0 Å². The molecule has 0 saturated heterocycles. The lowest BCUT2D eigenvalue weighted by molar-refractivity contribution is -0.116. The molecule has 27 heavy (non-hydrogen) atoms. The van der Waals surface area contributed by atoms with Gasteiger partial charge in [0.25, 0.3) is 0 Å². The molecule has 0 radical (unpaired) electrons. The second-order valence-electron chi connectivity index (χ2n) is 6.16. The van der Waals surface area contributed by atoms with Crippen LogP contribution in [0.1, 0.15) is 32.6 Å². The minimum atomic E-state index is -0.119. The third kappa shape index (κ3) is 5.37. The molecule has 0 aliphatic heterocycles. The number of nitrogens with one attached hydrogen (secondary N) is 1. The monoisotopic (exact) mass is 366 g/mol. The number of carbonyl (C=O) groups is 1. The summed E-state index contributed by atoms with van der Waals surface area (Å²) in [5.41, 5.74) is 1.50. The number of rotatable bonds is 8. The van der Waals surface area contributed by atoms with E-state index >= 15 is 0 Å². The largest absolute Gasteiger partial charge is 0.491 e. The van der Waals surface area contributed by atoms with Gasteiger partial charge in [0, 0.05) is 36.5 Å². The van der Waals surface area contributed by atoms with Crippen LogP contribution in [0.5, 0.6) is 5.75 Å². The Hall–Kier alpha value is -3.22. The Kier molecular flexibility index (Phi) is 6.14. The molecule has 0 unspecified atom stereocenters. The van der Waals surface area contributed by atoms with Crippen molar-refractivity contribution in [3.63, 3.8) is 0 Å². The number of aromatic nitrogens is 3. The topological polar surface area (TPSA) is 90.1 Å². The van der Waals surface area contributed by atoms with Crippen molar-refractivity contribution in [1.82, 2.24) is 15.1 Å². The van der Waals surface area contributed by atoms with Crippen LogP contribution in [0.15, 0.2) is 53.3 Å². The highest BCUT2D eigenvalue weighted by Crippen LogP contribution is 2.18. The molecule has 1 atom stereocenters. The molecule has 0 bridgehead atoms. The molecule has 7 heteroatoms. The molecule has 0 spiro atoms. The van der Waals surface area contributed by atoms with E-state index in [2.05, 4.69) is 27.4 Å². The van der Waals surface area contributed by atoms with E-state index in [0.29, 0.717) is 18.1 Å². The lowest BCUT2D eigenvalue weighted by Gasteiger charge is -2.13. The van der Waals surface area contributed by atoms with E-state index < -0.39 is 0 Å². The van der Waals surface area contributed by atoms with Crippen molar-refractivity contribution in [2.45, 2.75) is 39.2 Å². The quantitative estimate of drug-likeness (QED) is 0.651. The molecule has 1 N–H and O–H groups in total. The maximum Gasteiger partial charge on any atom is 0.227 e. The van der Waals surface area contributed by atoms with E-state index in [-0.39, 0.29) is 18.4 Å². The number of hydrogen-bond donors (Lipinski definition) is 1. The first kappa shape index (κ1) is 18.6. The number of benzene rings is 1. The van der Waals surface area contributed by atoms with Gasteiger partial charge in [-0.15, -0.1) is 0 Å². The Bertz CT molecular complexity index is 862. The minimum Gasteiger partial charge on any atom is -0.491 e. The highest BCUT2D eigenvalue weighted by Gasteiger charge is 2.11. The van der Waals surface area contributed by atoms with Gasteiger partial charge in [0.05, 0.1) is 6.10 Å². The molecule has 0 aliphatic rings. The summed E-state index contributed by atoms with van der Waals surface area (Å²) in [5, 5.41) is 6.77. The van der Waals surface area contributed by atoms with E-state index in [1.54, 1.807) is 18.5 Å². The van der Waals surface area contributed by atoms with Gasteiger partial charge in [0.15, 0.2) is 0 Å². The van der Waals surface area contributed by atoms with E-state index in [4.69, 9.17) is 9.26 Å². The maximum atomic E-state index is 12.1. The fourth-order valence-corrected chi connectivity index (χ4v) is 2.35. The molecule has 0 saturated carbocycles. The van der Waals surface area contributed by atoms with Crippen LogP contribution in [0, 0.1) is 0 Å². The Morgan fingerprint density at radius 2 is 2.07 bits per heavy atom. The maximum absolute atomic E-state index is 12.1. The van der Waals surface area contributed by atoms with Crippen molar-refractivity contribution in [3.8, 4) is 17.1 Å². The first-order valence-corrected chi connectivity index (χ1v) is 8.93. The molecular formula is C20H22N4O3. The molecular weight excluding hydrogens is 344 g/mol. The van der Waals surface area contributed by atoms with Gasteiger partial charge in [-0.1, -0.05) is 12.1 Å².